The Morgan fingerprint density at radius 1 is 0.917 bits per heavy atom. The number of aryl methyl sites for hydroxylation is 1. The maximum Gasteiger partial charge on any atom is 0.234 e. The predicted molar refractivity (Wildman–Crippen MR) is 99.9 cm³/mol. The number of rotatable bonds is 7. The van der Waals surface area contributed by atoms with E-state index >= 15 is 0 Å². The summed E-state index contributed by atoms with van der Waals surface area (Å²) in [6, 6.07) is 18.9. The second-order valence-corrected chi connectivity index (χ2v) is 6.74. The van der Waals surface area contributed by atoms with Gasteiger partial charge in [-0.2, -0.15) is 0 Å². The van der Waals surface area contributed by atoms with Crippen molar-refractivity contribution in [1.29, 1.82) is 0 Å². The number of hydrogen-bond acceptors (Lipinski definition) is 2. The van der Waals surface area contributed by atoms with Crippen molar-refractivity contribution in [3.8, 4) is 0 Å². The van der Waals surface area contributed by atoms with Gasteiger partial charge in [0.1, 0.15) is 0 Å². The van der Waals surface area contributed by atoms with Crippen LogP contribution in [0.15, 0.2) is 54.6 Å². The van der Waals surface area contributed by atoms with Crippen LogP contribution in [0.3, 0.4) is 0 Å². The van der Waals surface area contributed by atoms with E-state index in [2.05, 4.69) is 67.8 Å². The monoisotopic (exact) mass is 324 g/mol. The summed E-state index contributed by atoms with van der Waals surface area (Å²) in [5.74, 6) is 0.459. The van der Waals surface area contributed by atoms with Crippen LogP contribution >= 0.6 is 0 Å². The third kappa shape index (κ3) is 5.20. The van der Waals surface area contributed by atoms with Gasteiger partial charge in [-0.05, 0) is 30.9 Å². The molecular formula is C21H28N2O. The predicted octanol–water partition coefficient (Wildman–Crippen LogP) is 3.83. The maximum atomic E-state index is 12.2. The summed E-state index contributed by atoms with van der Waals surface area (Å²) in [6.07, 6.45) is 0. The molecule has 0 saturated heterocycles. The third-order valence-electron chi connectivity index (χ3n) is 4.40. The molecule has 2 aromatic rings. The van der Waals surface area contributed by atoms with E-state index < -0.39 is 0 Å². The first-order valence-electron chi connectivity index (χ1n) is 8.61. The molecule has 0 heterocycles. The molecule has 2 rings (SSSR count). The van der Waals surface area contributed by atoms with Gasteiger partial charge in [0, 0.05) is 6.04 Å². The molecule has 0 spiro atoms. The minimum absolute atomic E-state index is 0.00639. The lowest BCUT2D eigenvalue weighted by Gasteiger charge is -2.22. The van der Waals surface area contributed by atoms with Crippen molar-refractivity contribution in [2.75, 3.05) is 6.54 Å². The number of carbonyl (C=O) groups excluding carboxylic acids is 1. The summed E-state index contributed by atoms with van der Waals surface area (Å²) in [5.41, 5.74) is 3.55. The summed E-state index contributed by atoms with van der Waals surface area (Å²) >= 11 is 0. The van der Waals surface area contributed by atoms with Gasteiger partial charge in [-0.15, -0.1) is 0 Å². The molecule has 0 aliphatic heterocycles. The van der Waals surface area contributed by atoms with E-state index in [1.54, 1.807) is 0 Å². The summed E-state index contributed by atoms with van der Waals surface area (Å²) in [5, 5.41) is 6.45. The highest BCUT2D eigenvalue weighted by atomic mass is 16.1. The molecule has 0 aliphatic carbocycles. The highest BCUT2D eigenvalue weighted by Gasteiger charge is 2.16. The Bertz CT molecular complexity index is 635. The Balaban J connectivity index is 2.10. The molecule has 0 aromatic heterocycles. The zero-order chi connectivity index (χ0) is 17.5. The third-order valence-corrected chi connectivity index (χ3v) is 4.40. The highest BCUT2D eigenvalue weighted by Crippen LogP contribution is 2.22. The van der Waals surface area contributed by atoms with Crippen LogP contribution in [0.1, 0.15) is 43.5 Å². The summed E-state index contributed by atoms with van der Waals surface area (Å²) in [4.78, 5) is 12.2. The smallest absolute Gasteiger partial charge is 0.234 e. The van der Waals surface area contributed by atoms with Crippen LogP contribution in [-0.2, 0) is 4.79 Å². The minimum Gasteiger partial charge on any atom is -0.352 e. The molecule has 2 unspecified atom stereocenters. The van der Waals surface area contributed by atoms with Crippen molar-refractivity contribution in [1.82, 2.24) is 10.6 Å². The molecule has 0 radical (unpaired) electrons. The fourth-order valence-electron chi connectivity index (χ4n) is 2.50. The zero-order valence-electron chi connectivity index (χ0n) is 15.0. The molecule has 3 nitrogen and oxygen atoms in total. The molecule has 2 N–H and O–H groups in total. The van der Waals surface area contributed by atoms with E-state index in [4.69, 9.17) is 0 Å². The first-order valence-corrected chi connectivity index (χ1v) is 8.61. The molecule has 2 atom stereocenters. The first-order chi connectivity index (χ1) is 11.5. The van der Waals surface area contributed by atoms with Crippen LogP contribution in [-0.4, -0.2) is 18.5 Å². The lowest BCUT2D eigenvalue weighted by Crippen LogP contribution is -2.42. The van der Waals surface area contributed by atoms with Gasteiger partial charge in [0.15, 0.2) is 0 Å². The highest BCUT2D eigenvalue weighted by molar-refractivity contribution is 5.78. The van der Waals surface area contributed by atoms with Crippen molar-refractivity contribution in [3.63, 3.8) is 0 Å². The lowest BCUT2D eigenvalue weighted by atomic mass is 9.98. The van der Waals surface area contributed by atoms with E-state index in [9.17, 15) is 4.79 Å². The Morgan fingerprint density at radius 3 is 2.08 bits per heavy atom. The Kier molecular flexibility index (Phi) is 6.56. The summed E-state index contributed by atoms with van der Waals surface area (Å²) in [6.45, 7) is 8.63. The van der Waals surface area contributed by atoms with Crippen molar-refractivity contribution in [2.45, 2.75) is 39.8 Å². The average molecular weight is 324 g/mol. The molecule has 128 valence electrons. The topological polar surface area (TPSA) is 41.1 Å². The van der Waals surface area contributed by atoms with Gasteiger partial charge >= 0.3 is 0 Å². The van der Waals surface area contributed by atoms with Gasteiger partial charge < -0.3 is 5.32 Å². The minimum atomic E-state index is 0.00639. The SMILES string of the molecule is Cc1ccc(C(NCC(=O)NC(C)C(C)C)c2ccccc2)cc1. The molecule has 0 aliphatic rings. The number of amides is 1. The molecule has 2 aromatic carbocycles. The van der Waals surface area contributed by atoms with Gasteiger partial charge in [0.05, 0.1) is 12.6 Å². The number of benzene rings is 2. The summed E-state index contributed by atoms with van der Waals surface area (Å²) < 4.78 is 0. The molecular weight excluding hydrogens is 296 g/mol. The van der Waals surface area contributed by atoms with Crippen molar-refractivity contribution in [3.05, 3.63) is 71.3 Å². The van der Waals surface area contributed by atoms with Gasteiger partial charge in [0.25, 0.3) is 0 Å². The maximum absolute atomic E-state index is 12.2. The lowest BCUT2D eigenvalue weighted by molar-refractivity contribution is -0.121. The number of nitrogens with one attached hydrogen (secondary N) is 2. The fourth-order valence-corrected chi connectivity index (χ4v) is 2.50. The van der Waals surface area contributed by atoms with Crippen LogP contribution in [0.2, 0.25) is 0 Å². The van der Waals surface area contributed by atoms with Crippen LogP contribution in [0.4, 0.5) is 0 Å². The number of carbonyl (C=O) groups is 1. The van der Waals surface area contributed by atoms with Crippen molar-refractivity contribution >= 4 is 5.91 Å². The van der Waals surface area contributed by atoms with Gasteiger partial charge in [-0.1, -0.05) is 74.0 Å². The van der Waals surface area contributed by atoms with Crippen LogP contribution in [0, 0.1) is 12.8 Å². The standard InChI is InChI=1S/C21H28N2O/c1-15(2)17(4)23-20(24)14-22-21(18-8-6-5-7-9-18)19-12-10-16(3)11-13-19/h5-13,15,17,21-22H,14H2,1-4H3,(H,23,24). The summed E-state index contributed by atoms with van der Waals surface area (Å²) in [7, 11) is 0. The average Bonchev–Trinajstić information content (AvgIpc) is 2.57. The Morgan fingerprint density at radius 2 is 1.50 bits per heavy atom. The molecule has 24 heavy (non-hydrogen) atoms. The molecule has 0 fully saturated rings. The van der Waals surface area contributed by atoms with Gasteiger partial charge in [0.2, 0.25) is 5.91 Å². The second-order valence-electron chi connectivity index (χ2n) is 6.74. The molecule has 1 amide bonds. The zero-order valence-corrected chi connectivity index (χ0v) is 15.0. The second kappa shape index (κ2) is 8.65. The van der Waals surface area contributed by atoms with Crippen LogP contribution < -0.4 is 10.6 Å². The first kappa shape index (κ1) is 18.2. The van der Waals surface area contributed by atoms with E-state index in [1.165, 1.54) is 5.56 Å². The fraction of sp³-hybridized carbons (Fsp3) is 0.381. The van der Waals surface area contributed by atoms with Crippen molar-refractivity contribution < 1.29 is 4.79 Å². The van der Waals surface area contributed by atoms with Crippen LogP contribution in [0.5, 0.6) is 0 Å². The normalized spacial score (nSPS) is 13.5. The van der Waals surface area contributed by atoms with E-state index in [-0.39, 0.29) is 18.0 Å². The number of hydrogen-bond donors (Lipinski definition) is 2. The largest absolute Gasteiger partial charge is 0.352 e. The van der Waals surface area contributed by atoms with E-state index in [1.807, 2.05) is 25.1 Å². The Hall–Kier alpha value is -2.13. The van der Waals surface area contributed by atoms with Gasteiger partial charge in [-0.25, -0.2) is 0 Å². The molecule has 0 bridgehead atoms. The molecule has 0 saturated carbocycles. The van der Waals surface area contributed by atoms with E-state index in [0.29, 0.717) is 12.5 Å². The van der Waals surface area contributed by atoms with Crippen LogP contribution in [0.25, 0.3) is 0 Å². The van der Waals surface area contributed by atoms with Crippen molar-refractivity contribution in [2.24, 2.45) is 5.92 Å². The quantitative estimate of drug-likeness (QED) is 0.812. The Labute approximate surface area is 145 Å². The van der Waals surface area contributed by atoms with E-state index in [0.717, 1.165) is 11.1 Å². The van der Waals surface area contributed by atoms with Gasteiger partial charge in [-0.3, -0.25) is 10.1 Å². The molecule has 3 heteroatoms.